The smallest absolute Gasteiger partial charge is 0.0711 e. The summed E-state index contributed by atoms with van der Waals surface area (Å²) in [6, 6.07) is 0.852. The van der Waals surface area contributed by atoms with Crippen molar-refractivity contribution in [1.82, 2.24) is 10.2 Å². The van der Waals surface area contributed by atoms with Gasteiger partial charge in [0.1, 0.15) is 0 Å². The van der Waals surface area contributed by atoms with Gasteiger partial charge in [-0.3, -0.25) is 4.90 Å². The molecule has 2 heteroatoms. The van der Waals surface area contributed by atoms with Gasteiger partial charge in [-0.25, -0.2) is 0 Å². The number of rotatable bonds is 5. The molecular weight excluding hydrogens is 196 g/mol. The van der Waals surface area contributed by atoms with Crippen molar-refractivity contribution < 1.29 is 0 Å². The minimum Gasteiger partial charge on any atom is -0.316 e. The van der Waals surface area contributed by atoms with E-state index in [1.54, 1.807) is 0 Å². The lowest BCUT2D eigenvalue weighted by Gasteiger charge is -2.36. The molecule has 1 N–H and O–H groups in total. The van der Waals surface area contributed by atoms with Gasteiger partial charge in [-0.2, -0.15) is 0 Å². The van der Waals surface area contributed by atoms with E-state index in [-0.39, 0.29) is 0 Å². The van der Waals surface area contributed by atoms with Crippen LogP contribution in [0.2, 0.25) is 0 Å². The van der Waals surface area contributed by atoms with Crippen LogP contribution in [0.4, 0.5) is 0 Å². The molecule has 0 aromatic carbocycles. The third-order valence-electron chi connectivity index (χ3n) is 3.51. The Morgan fingerprint density at radius 2 is 2.25 bits per heavy atom. The Balaban J connectivity index is 2.53. The second-order valence-electron chi connectivity index (χ2n) is 5.09. The maximum Gasteiger partial charge on any atom is 0.0711 e. The largest absolute Gasteiger partial charge is 0.316 e. The molecule has 0 aromatic rings. The van der Waals surface area contributed by atoms with Crippen molar-refractivity contribution in [3.63, 3.8) is 0 Å². The van der Waals surface area contributed by atoms with Gasteiger partial charge in [0.15, 0.2) is 0 Å². The molecule has 2 atom stereocenters. The zero-order valence-electron chi connectivity index (χ0n) is 11.0. The first kappa shape index (κ1) is 13.5. The number of nitrogens with one attached hydrogen (secondary N) is 1. The quantitative estimate of drug-likeness (QED) is 0.717. The summed E-state index contributed by atoms with van der Waals surface area (Å²) in [5.74, 6) is 3.70. The van der Waals surface area contributed by atoms with E-state index in [1.165, 1.54) is 19.4 Å². The molecule has 0 aromatic heterocycles. The highest BCUT2D eigenvalue weighted by atomic mass is 15.2. The second-order valence-corrected chi connectivity index (χ2v) is 5.09. The second kappa shape index (κ2) is 6.93. The Morgan fingerprint density at radius 3 is 2.69 bits per heavy atom. The van der Waals surface area contributed by atoms with Gasteiger partial charge in [-0.1, -0.05) is 12.8 Å². The van der Waals surface area contributed by atoms with Gasteiger partial charge in [-0.15, -0.1) is 6.42 Å². The molecule has 0 aliphatic carbocycles. The zero-order chi connectivity index (χ0) is 12.0. The molecule has 2 unspecified atom stereocenters. The molecule has 0 radical (unpaired) electrons. The molecule has 1 saturated heterocycles. The Labute approximate surface area is 101 Å². The molecule has 1 aliphatic rings. The molecule has 0 saturated carbocycles. The molecular formula is C14H26N2. The van der Waals surface area contributed by atoms with Gasteiger partial charge in [-0.05, 0) is 52.1 Å². The van der Waals surface area contributed by atoms with Crippen LogP contribution in [-0.4, -0.2) is 36.6 Å². The molecule has 16 heavy (non-hydrogen) atoms. The summed E-state index contributed by atoms with van der Waals surface area (Å²) < 4.78 is 0. The first-order valence-corrected chi connectivity index (χ1v) is 6.61. The molecule has 1 rings (SSSR count). The van der Waals surface area contributed by atoms with Crippen molar-refractivity contribution in [2.45, 2.75) is 52.1 Å². The van der Waals surface area contributed by atoms with Crippen molar-refractivity contribution in [1.29, 1.82) is 0 Å². The van der Waals surface area contributed by atoms with Gasteiger partial charge in [0, 0.05) is 12.6 Å². The maximum atomic E-state index is 5.62. The lowest BCUT2D eigenvalue weighted by atomic mass is 9.97. The van der Waals surface area contributed by atoms with E-state index in [0.29, 0.717) is 12.1 Å². The van der Waals surface area contributed by atoms with Crippen LogP contribution >= 0.6 is 0 Å². The van der Waals surface area contributed by atoms with Crippen LogP contribution in [0.5, 0.6) is 0 Å². The molecule has 2 nitrogen and oxygen atoms in total. The molecule has 1 heterocycles. The minimum absolute atomic E-state index is 0.307. The number of terminal acetylenes is 1. The fourth-order valence-corrected chi connectivity index (χ4v) is 2.52. The van der Waals surface area contributed by atoms with Crippen LogP contribution in [0.1, 0.15) is 40.0 Å². The summed E-state index contributed by atoms with van der Waals surface area (Å²) in [6.45, 7) is 10.2. The lowest BCUT2D eigenvalue weighted by Crippen LogP contribution is -2.45. The SMILES string of the molecule is C#CC(CC)N(CC1CCCNC1)C(C)C. The average Bonchev–Trinajstić information content (AvgIpc) is 2.30. The summed E-state index contributed by atoms with van der Waals surface area (Å²) in [6.07, 6.45) is 9.32. The summed E-state index contributed by atoms with van der Waals surface area (Å²) in [5.41, 5.74) is 0. The van der Waals surface area contributed by atoms with Gasteiger partial charge in [0.25, 0.3) is 0 Å². The predicted octanol–water partition coefficient (Wildman–Crippen LogP) is 2.11. The van der Waals surface area contributed by atoms with Crippen LogP contribution in [0.3, 0.4) is 0 Å². The van der Waals surface area contributed by atoms with E-state index >= 15 is 0 Å². The van der Waals surface area contributed by atoms with E-state index in [9.17, 15) is 0 Å². The predicted molar refractivity (Wildman–Crippen MR) is 70.3 cm³/mol. The third kappa shape index (κ3) is 3.81. The first-order chi connectivity index (χ1) is 7.69. The Bertz CT molecular complexity index is 223. The fraction of sp³-hybridized carbons (Fsp3) is 0.857. The molecule has 0 amide bonds. The normalized spacial score (nSPS) is 23.4. The average molecular weight is 222 g/mol. The monoisotopic (exact) mass is 222 g/mol. The number of hydrogen-bond donors (Lipinski definition) is 1. The Hall–Kier alpha value is -0.520. The van der Waals surface area contributed by atoms with Crippen molar-refractivity contribution in [2.75, 3.05) is 19.6 Å². The highest BCUT2D eigenvalue weighted by Crippen LogP contribution is 2.16. The number of nitrogens with zero attached hydrogens (tertiary/aromatic N) is 1. The number of hydrogen-bond acceptors (Lipinski definition) is 2. The van der Waals surface area contributed by atoms with E-state index in [2.05, 4.69) is 36.9 Å². The maximum absolute atomic E-state index is 5.62. The first-order valence-electron chi connectivity index (χ1n) is 6.61. The van der Waals surface area contributed by atoms with Crippen molar-refractivity contribution in [2.24, 2.45) is 5.92 Å². The highest BCUT2D eigenvalue weighted by Gasteiger charge is 2.22. The van der Waals surface area contributed by atoms with E-state index in [4.69, 9.17) is 6.42 Å². The van der Waals surface area contributed by atoms with Gasteiger partial charge >= 0.3 is 0 Å². The fourth-order valence-electron chi connectivity index (χ4n) is 2.52. The summed E-state index contributed by atoms with van der Waals surface area (Å²) in [7, 11) is 0. The van der Waals surface area contributed by atoms with Gasteiger partial charge in [0.05, 0.1) is 6.04 Å². The highest BCUT2D eigenvalue weighted by molar-refractivity contribution is 5.00. The Morgan fingerprint density at radius 1 is 1.50 bits per heavy atom. The zero-order valence-corrected chi connectivity index (χ0v) is 11.0. The molecule has 92 valence electrons. The van der Waals surface area contributed by atoms with Crippen LogP contribution in [0.15, 0.2) is 0 Å². The van der Waals surface area contributed by atoms with Crippen molar-refractivity contribution >= 4 is 0 Å². The van der Waals surface area contributed by atoms with Crippen LogP contribution in [0, 0.1) is 18.3 Å². The topological polar surface area (TPSA) is 15.3 Å². The van der Waals surface area contributed by atoms with E-state index in [0.717, 1.165) is 25.4 Å². The Kier molecular flexibility index (Phi) is 5.87. The van der Waals surface area contributed by atoms with Crippen LogP contribution < -0.4 is 5.32 Å². The van der Waals surface area contributed by atoms with E-state index < -0.39 is 0 Å². The molecule has 1 fully saturated rings. The summed E-state index contributed by atoms with van der Waals surface area (Å²) >= 11 is 0. The van der Waals surface area contributed by atoms with Gasteiger partial charge < -0.3 is 5.32 Å². The number of piperidine rings is 1. The molecule has 0 spiro atoms. The van der Waals surface area contributed by atoms with Crippen molar-refractivity contribution in [3.8, 4) is 12.3 Å². The summed E-state index contributed by atoms with van der Waals surface area (Å²) in [5, 5.41) is 3.48. The van der Waals surface area contributed by atoms with Crippen LogP contribution in [-0.2, 0) is 0 Å². The van der Waals surface area contributed by atoms with E-state index in [1.807, 2.05) is 0 Å². The summed E-state index contributed by atoms with van der Waals surface area (Å²) in [4.78, 5) is 2.48. The molecule has 0 bridgehead atoms. The third-order valence-corrected chi connectivity index (χ3v) is 3.51. The van der Waals surface area contributed by atoms with Crippen LogP contribution in [0.25, 0.3) is 0 Å². The molecule has 1 aliphatic heterocycles. The lowest BCUT2D eigenvalue weighted by molar-refractivity contribution is 0.142. The standard InChI is InChI=1S/C14H26N2/c1-5-14(6-2)16(12(3)4)11-13-8-7-9-15-10-13/h1,12-15H,6-11H2,2-4H3. The van der Waals surface area contributed by atoms with Crippen molar-refractivity contribution in [3.05, 3.63) is 0 Å². The minimum atomic E-state index is 0.307. The van der Waals surface area contributed by atoms with Gasteiger partial charge in [0.2, 0.25) is 0 Å².